The zero-order valence-electron chi connectivity index (χ0n) is 12.1. The number of amides is 3. The SMILES string of the molecule is CCCC[C@]12NC(=O)N[C@@]1(O)c1ccccc1N(C)C2=O. The van der Waals surface area contributed by atoms with Crippen molar-refractivity contribution < 1.29 is 14.7 Å². The van der Waals surface area contributed by atoms with Crippen LogP contribution in [-0.4, -0.2) is 29.6 Å². The zero-order valence-corrected chi connectivity index (χ0v) is 12.1. The summed E-state index contributed by atoms with van der Waals surface area (Å²) in [6, 6.07) is 6.57. The molecular weight excluding hydrogens is 270 g/mol. The maximum absolute atomic E-state index is 12.9. The summed E-state index contributed by atoms with van der Waals surface area (Å²) in [5, 5.41) is 16.4. The maximum Gasteiger partial charge on any atom is 0.318 e. The average molecular weight is 289 g/mol. The van der Waals surface area contributed by atoms with Crippen molar-refractivity contribution in [3.05, 3.63) is 29.8 Å². The van der Waals surface area contributed by atoms with Gasteiger partial charge in [-0.1, -0.05) is 38.0 Å². The third kappa shape index (κ3) is 1.62. The second kappa shape index (κ2) is 4.46. The molecule has 1 saturated heterocycles. The predicted molar refractivity (Wildman–Crippen MR) is 77.7 cm³/mol. The van der Waals surface area contributed by atoms with Crippen LogP contribution in [0.2, 0.25) is 0 Å². The van der Waals surface area contributed by atoms with Crippen LogP contribution in [0.25, 0.3) is 0 Å². The summed E-state index contributed by atoms with van der Waals surface area (Å²) in [5.74, 6) is -0.296. The Kier molecular flexibility index (Phi) is 2.95. The molecule has 112 valence electrons. The highest BCUT2D eigenvalue weighted by molar-refractivity contribution is 6.08. The van der Waals surface area contributed by atoms with Crippen LogP contribution in [0.3, 0.4) is 0 Å². The molecule has 1 aromatic carbocycles. The number of rotatable bonds is 3. The van der Waals surface area contributed by atoms with Crippen molar-refractivity contribution in [1.82, 2.24) is 10.6 Å². The first-order valence-corrected chi connectivity index (χ1v) is 7.16. The van der Waals surface area contributed by atoms with Gasteiger partial charge in [0.15, 0.2) is 5.54 Å². The van der Waals surface area contributed by atoms with Crippen LogP contribution < -0.4 is 15.5 Å². The fourth-order valence-electron chi connectivity index (χ4n) is 3.35. The van der Waals surface area contributed by atoms with E-state index in [2.05, 4.69) is 10.6 Å². The number of likely N-dealkylation sites (N-methyl/N-ethyl adjacent to an activating group) is 1. The summed E-state index contributed by atoms with van der Waals surface area (Å²) in [6.45, 7) is 2.00. The normalized spacial score (nSPS) is 30.5. The van der Waals surface area contributed by atoms with Crippen LogP contribution in [0, 0.1) is 0 Å². The molecule has 2 atom stereocenters. The third-order valence-corrected chi connectivity index (χ3v) is 4.47. The first kappa shape index (κ1) is 13.9. The number of anilines is 1. The van der Waals surface area contributed by atoms with E-state index in [9.17, 15) is 14.7 Å². The Bertz CT molecular complexity index is 618. The minimum atomic E-state index is -1.71. The topological polar surface area (TPSA) is 81.7 Å². The molecular formula is C15H19N3O3. The zero-order chi connectivity index (χ0) is 15.3. The van der Waals surface area contributed by atoms with E-state index >= 15 is 0 Å². The number of fused-ring (bicyclic) bond motifs is 3. The summed E-state index contributed by atoms with van der Waals surface area (Å²) in [5.41, 5.74) is -1.90. The Hall–Kier alpha value is -2.08. The van der Waals surface area contributed by atoms with E-state index in [1.54, 1.807) is 31.3 Å². The number of urea groups is 1. The number of benzene rings is 1. The van der Waals surface area contributed by atoms with Gasteiger partial charge in [0.2, 0.25) is 5.72 Å². The molecule has 0 aliphatic carbocycles. The van der Waals surface area contributed by atoms with Crippen LogP contribution in [0.5, 0.6) is 0 Å². The molecule has 2 aliphatic heterocycles. The third-order valence-electron chi connectivity index (χ3n) is 4.47. The molecule has 3 amide bonds. The highest BCUT2D eigenvalue weighted by Gasteiger charge is 2.66. The number of carbonyl (C=O) groups excluding carboxylic acids is 2. The number of para-hydroxylation sites is 1. The summed E-state index contributed by atoms with van der Waals surface area (Å²) >= 11 is 0. The lowest BCUT2D eigenvalue weighted by atomic mass is 9.74. The summed E-state index contributed by atoms with van der Waals surface area (Å²) in [4.78, 5) is 26.3. The lowest BCUT2D eigenvalue weighted by Gasteiger charge is -2.46. The van der Waals surface area contributed by atoms with Crippen LogP contribution in [-0.2, 0) is 10.5 Å². The van der Waals surface area contributed by atoms with E-state index in [1.165, 1.54) is 4.90 Å². The molecule has 0 bridgehead atoms. The van der Waals surface area contributed by atoms with Crippen LogP contribution in [0.15, 0.2) is 24.3 Å². The number of carbonyl (C=O) groups is 2. The van der Waals surface area contributed by atoms with Crippen molar-refractivity contribution in [3.8, 4) is 0 Å². The predicted octanol–water partition coefficient (Wildman–Crippen LogP) is 1.05. The lowest BCUT2D eigenvalue weighted by molar-refractivity contribution is -0.139. The first-order valence-electron chi connectivity index (χ1n) is 7.16. The van der Waals surface area contributed by atoms with Gasteiger partial charge in [0.1, 0.15) is 0 Å². The van der Waals surface area contributed by atoms with Crippen molar-refractivity contribution in [1.29, 1.82) is 0 Å². The van der Waals surface area contributed by atoms with Gasteiger partial charge < -0.3 is 20.6 Å². The van der Waals surface area contributed by atoms with Crippen molar-refractivity contribution in [2.24, 2.45) is 0 Å². The molecule has 1 aromatic rings. The molecule has 2 aliphatic rings. The van der Waals surface area contributed by atoms with Gasteiger partial charge in [0.25, 0.3) is 5.91 Å². The lowest BCUT2D eigenvalue weighted by Crippen LogP contribution is -2.69. The van der Waals surface area contributed by atoms with Gasteiger partial charge in [-0.25, -0.2) is 4.79 Å². The molecule has 0 saturated carbocycles. The Morgan fingerprint density at radius 1 is 1.24 bits per heavy atom. The van der Waals surface area contributed by atoms with Crippen molar-refractivity contribution in [2.45, 2.75) is 37.5 Å². The van der Waals surface area contributed by atoms with Gasteiger partial charge in [-0.2, -0.15) is 0 Å². The largest absolute Gasteiger partial charge is 0.364 e. The second-order valence-electron chi connectivity index (χ2n) is 5.68. The Morgan fingerprint density at radius 3 is 2.67 bits per heavy atom. The van der Waals surface area contributed by atoms with E-state index in [0.717, 1.165) is 12.8 Å². The molecule has 3 rings (SSSR count). The van der Waals surface area contributed by atoms with Gasteiger partial charge >= 0.3 is 6.03 Å². The molecule has 2 heterocycles. The summed E-state index contributed by atoms with van der Waals surface area (Å²) < 4.78 is 0. The molecule has 0 aromatic heterocycles. The van der Waals surface area contributed by atoms with Crippen molar-refractivity contribution in [2.75, 3.05) is 11.9 Å². The number of nitrogens with zero attached hydrogens (tertiary/aromatic N) is 1. The van der Waals surface area contributed by atoms with Crippen LogP contribution in [0.4, 0.5) is 10.5 Å². The number of unbranched alkanes of at least 4 members (excludes halogenated alkanes) is 1. The number of hydrogen-bond acceptors (Lipinski definition) is 3. The molecule has 0 unspecified atom stereocenters. The molecule has 6 heteroatoms. The number of nitrogens with one attached hydrogen (secondary N) is 2. The fourth-order valence-corrected chi connectivity index (χ4v) is 3.35. The quantitative estimate of drug-likeness (QED) is 0.778. The Labute approximate surface area is 123 Å². The van der Waals surface area contributed by atoms with E-state index in [0.29, 0.717) is 17.7 Å². The molecule has 21 heavy (non-hydrogen) atoms. The second-order valence-corrected chi connectivity index (χ2v) is 5.68. The van der Waals surface area contributed by atoms with Crippen molar-refractivity contribution >= 4 is 17.6 Å². The van der Waals surface area contributed by atoms with E-state index in [4.69, 9.17) is 0 Å². The molecule has 0 spiro atoms. The average Bonchev–Trinajstić information content (AvgIpc) is 2.75. The van der Waals surface area contributed by atoms with E-state index < -0.39 is 17.3 Å². The van der Waals surface area contributed by atoms with Crippen LogP contribution in [0.1, 0.15) is 31.7 Å². The van der Waals surface area contributed by atoms with Gasteiger partial charge in [0, 0.05) is 12.6 Å². The van der Waals surface area contributed by atoms with Gasteiger partial charge in [-0.15, -0.1) is 0 Å². The van der Waals surface area contributed by atoms with Gasteiger partial charge in [-0.05, 0) is 12.5 Å². The standard InChI is InChI=1S/C15H19N3O3/c1-3-4-9-14-12(19)18(2)11-8-6-5-7-10(11)15(14,21)17-13(20)16-14/h5-8,21H,3-4,9H2,1-2H3,(H2,16,17,20)/t14-,15-/m1/s1. The highest BCUT2D eigenvalue weighted by Crippen LogP contribution is 2.46. The molecule has 3 N–H and O–H groups in total. The summed E-state index contributed by atoms with van der Waals surface area (Å²) in [6.07, 6.45) is 1.98. The monoisotopic (exact) mass is 289 g/mol. The van der Waals surface area contributed by atoms with Gasteiger partial charge in [-0.3, -0.25) is 4.79 Å². The first-order chi connectivity index (χ1) is 9.96. The minimum absolute atomic E-state index is 0.296. The minimum Gasteiger partial charge on any atom is -0.364 e. The smallest absolute Gasteiger partial charge is 0.318 e. The molecule has 6 nitrogen and oxygen atoms in total. The Balaban J connectivity index is 2.22. The molecule has 1 fully saturated rings. The number of hydrogen-bond donors (Lipinski definition) is 3. The van der Waals surface area contributed by atoms with E-state index in [1.807, 2.05) is 6.92 Å². The molecule has 0 radical (unpaired) electrons. The summed E-state index contributed by atoms with van der Waals surface area (Å²) in [7, 11) is 1.67. The van der Waals surface area contributed by atoms with E-state index in [-0.39, 0.29) is 5.91 Å². The Morgan fingerprint density at radius 2 is 1.95 bits per heavy atom. The van der Waals surface area contributed by atoms with Crippen molar-refractivity contribution in [3.63, 3.8) is 0 Å². The van der Waals surface area contributed by atoms with Gasteiger partial charge in [0.05, 0.1) is 5.69 Å². The number of aliphatic hydroxyl groups is 1. The fraction of sp³-hybridized carbons (Fsp3) is 0.467. The van der Waals surface area contributed by atoms with Crippen LogP contribution >= 0.6 is 0 Å². The maximum atomic E-state index is 12.9. The highest BCUT2D eigenvalue weighted by atomic mass is 16.3.